The standard InChI is InChI=1S/C8H14N2O4/c1-14-4-6(7(11)12)10-8(13)9-5-2-3-5/h5-6H,2-4H2,1H3,(H,11,12)(H2,9,10,13). The average Bonchev–Trinajstić information content (AvgIpc) is 2.87. The van der Waals surface area contributed by atoms with Crippen molar-refractivity contribution in [3.63, 3.8) is 0 Å². The highest BCUT2D eigenvalue weighted by Gasteiger charge is 2.26. The summed E-state index contributed by atoms with van der Waals surface area (Å²) < 4.78 is 4.66. The first-order chi connectivity index (χ1) is 6.63. The van der Waals surface area contributed by atoms with Gasteiger partial charge in [0.25, 0.3) is 0 Å². The van der Waals surface area contributed by atoms with Crippen LogP contribution < -0.4 is 10.6 Å². The van der Waals surface area contributed by atoms with E-state index in [4.69, 9.17) is 5.11 Å². The van der Waals surface area contributed by atoms with Gasteiger partial charge in [-0.1, -0.05) is 0 Å². The molecule has 0 saturated heterocycles. The van der Waals surface area contributed by atoms with E-state index in [1.807, 2.05) is 0 Å². The van der Waals surface area contributed by atoms with Gasteiger partial charge in [0, 0.05) is 13.2 Å². The summed E-state index contributed by atoms with van der Waals surface area (Å²) >= 11 is 0. The predicted octanol–water partition coefficient (Wildman–Crippen LogP) is -0.452. The second-order valence-corrected chi connectivity index (χ2v) is 3.24. The molecule has 3 N–H and O–H groups in total. The molecule has 1 atom stereocenters. The highest BCUT2D eigenvalue weighted by molar-refractivity contribution is 5.82. The summed E-state index contributed by atoms with van der Waals surface area (Å²) in [4.78, 5) is 21.7. The van der Waals surface area contributed by atoms with Crippen molar-refractivity contribution < 1.29 is 19.4 Å². The lowest BCUT2D eigenvalue weighted by molar-refractivity contribution is -0.140. The zero-order valence-corrected chi connectivity index (χ0v) is 7.95. The smallest absolute Gasteiger partial charge is 0.328 e. The molecular formula is C8H14N2O4. The zero-order chi connectivity index (χ0) is 10.6. The minimum absolute atomic E-state index is 0.0343. The molecule has 1 aliphatic rings. The van der Waals surface area contributed by atoms with Crippen LogP contribution in [0.1, 0.15) is 12.8 Å². The van der Waals surface area contributed by atoms with Gasteiger partial charge in [0.2, 0.25) is 0 Å². The molecule has 0 heterocycles. The predicted molar refractivity (Wildman–Crippen MR) is 48.0 cm³/mol. The maximum absolute atomic E-state index is 11.1. The molecule has 1 rings (SSSR count). The summed E-state index contributed by atoms with van der Waals surface area (Å²) in [5.41, 5.74) is 0. The van der Waals surface area contributed by atoms with Crippen molar-refractivity contribution in [2.45, 2.75) is 24.9 Å². The molecule has 0 aromatic heterocycles. The Morgan fingerprint density at radius 2 is 2.21 bits per heavy atom. The number of carbonyl (C=O) groups is 2. The second kappa shape index (κ2) is 4.80. The fourth-order valence-electron chi connectivity index (χ4n) is 0.954. The Hall–Kier alpha value is -1.30. The van der Waals surface area contributed by atoms with Gasteiger partial charge in [-0.3, -0.25) is 0 Å². The maximum Gasteiger partial charge on any atom is 0.328 e. The molecule has 1 unspecified atom stereocenters. The largest absolute Gasteiger partial charge is 0.480 e. The van der Waals surface area contributed by atoms with E-state index < -0.39 is 18.0 Å². The summed E-state index contributed by atoms with van der Waals surface area (Å²) in [6, 6.07) is -1.22. The van der Waals surface area contributed by atoms with Gasteiger partial charge in [-0.15, -0.1) is 0 Å². The molecule has 1 saturated carbocycles. The van der Waals surface area contributed by atoms with E-state index >= 15 is 0 Å². The van der Waals surface area contributed by atoms with Gasteiger partial charge in [0.1, 0.15) is 0 Å². The van der Waals surface area contributed by atoms with Crippen molar-refractivity contribution in [1.29, 1.82) is 0 Å². The van der Waals surface area contributed by atoms with Crippen LogP contribution in [0.15, 0.2) is 0 Å². The van der Waals surface area contributed by atoms with Gasteiger partial charge in [-0.05, 0) is 12.8 Å². The molecule has 6 nitrogen and oxygen atoms in total. The number of carboxylic acids is 1. The van der Waals surface area contributed by atoms with Crippen molar-refractivity contribution in [3.8, 4) is 0 Å². The van der Waals surface area contributed by atoms with Crippen LogP contribution in [0, 0.1) is 0 Å². The molecule has 2 amide bonds. The Morgan fingerprint density at radius 1 is 1.57 bits per heavy atom. The highest BCUT2D eigenvalue weighted by Crippen LogP contribution is 2.18. The van der Waals surface area contributed by atoms with Crippen LogP contribution >= 0.6 is 0 Å². The number of carboxylic acid groups (broad SMARTS) is 1. The van der Waals surface area contributed by atoms with E-state index in [1.54, 1.807) is 0 Å². The fourth-order valence-corrected chi connectivity index (χ4v) is 0.954. The maximum atomic E-state index is 11.1. The van der Waals surface area contributed by atoms with Crippen LogP contribution in [0.25, 0.3) is 0 Å². The SMILES string of the molecule is COCC(NC(=O)NC1CC1)C(=O)O. The third kappa shape index (κ3) is 3.61. The van der Waals surface area contributed by atoms with Crippen LogP contribution in [0.3, 0.4) is 0 Å². The lowest BCUT2D eigenvalue weighted by Crippen LogP contribution is -2.48. The minimum Gasteiger partial charge on any atom is -0.480 e. The van der Waals surface area contributed by atoms with E-state index in [9.17, 15) is 9.59 Å². The van der Waals surface area contributed by atoms with Crippen LogP contribution in [-0.2, 0) is 9.53 Å². The third-order valence-corrected chi connectivity index (χ3v) is 1.85. The Bertz CT molecular complexity index is 227. The number of aliphatic carboxylic acids is 1. The molecule has 0 radical (unpaired) electrons. The van der Waals surface area contributed by atoms with E-state index in [-0.39, 0.29) is 12.6 Å². The molecule has 1 fully saturated rings. The van der Waals surface area contributed by atoms with Crippen LogP contribution in [0.5, 0.6) is 0 Å². The Kier molecular flexibility index (Phi) is 3.70. The third-order valence-electron chi connectivity index (χ3n) is 1.85. The Morgan fingerprint density at radius 3 is 2.64 bits per heavy atom. The number of urea groups is 1. The van der Waals surface area contributed by atoms with Crippen LogP contribution in [-0.4, -0.2) is 42.9 Å². The zero-order valence-electron chi connectivity index (χ0n) is 7.95. The quantitative estimate of drug-likeness (QED) is 0.563. The molecule has 1 aliphatic carbocycles. The molecule has 14 heavy (non-hydrogen) atoms. The van der Waals surface area contributed by atoms with Crippen molar-refractivity contribution in [3.05, 3.63) is 0 Å². The summed E-state index contributed by atoms with van der Waals surface area (Å²) in [5.74, 6) is -1.10. The molecular weight excluding hydrogens is 188 g/mol. The van der Waals surface area contributed by atoms with Crippen LogP contribution in [0.2, 0.25) is 0 Å². The number of nitrogens with one attached hydrogen (secondary N) is 2. The van der Waals surface area contributed by atoms with Gasteiger partial charge < -0.3 is 20.5 Å². The highest BCUT2D eigenvalue weighted by atomic mass is 16.5. The van der Waals surface area contributed by atoms with Gasteiger partial charge in [0.15, 0.2) is 6.04 Å². The lowest BCUT2D eigenvalue weighted by Gasteiger charge is -2.13. The van der Waals surface area contributed by atoms with Crippen molar-refractivity contribution in [2.75, 3.05) is 13.7 Å². The lowest BCUT2D eigenvalue weighted by atomic mass is 10.3. The van der Waals surface area contributed by atoms with Gasteiger partial charge in [0.05, 0.1) is 6.61 Å². The van der Waals surface area contributed by atoms with E-state index in [1.165, 1.54) is 7.11 Å². The molecule has 0 aliphatic heterocycles. The van der Waals surface area contributed by atoms with Crippen molar-refractivity contribution >= 4 is 12.0 Å². The average molecular weight is 202 g/mol. The van der Waals surface area contributed by atoms with Gasteiger partial charge in [-0.2, -0.15) is 0 Å². The second-order valence-electron chi connectivity index (χ2n) is 3.24. The Labute approximate surface area is 81.6 Å². The number of methoxy groups -OCH3 is 1. The first kappa shape index (κ1) is 10.8. The normalized spacial score (nSPS) is 17.2. The first-order valence-corrected chi connectivity index (χ1v) is 4.42. The topological polar surface area (TPSA) is 87.7 Å². The summed E-state index contributed by atoms with van der Waals surface area (Å²) in [7, 11) is 1.39. The Balaban J connectivity index is 2.29. The van der Waals surface area contributed by atoms with E-state index in [2.05, 4.69) is 15.4 Å². The summed E-state index contributed by atoms with van der Waals surface area (Å²) in [6.07, 6.45) is 1.94. The van der Waals surface area contributed by atoms with Gasteiger partial charge in [-0.25, -0.2) is 9.59 Å². The van der Waals surface area contributed by atoms with E-state index in [0.717, 1.165) is 12.8 Å². The summed E-state index contributed by atoms with van der Waals surface area (Å²) in [5, 5.41) is 13.6. The molecule has 6 heteroatoms. The number of rotatable bonds is 5. The monoisotopic (exact) mass is 202 g/mol. The molecule has 0 aromatic carbocycles. The fraction of sp³-hybridized carbons (Fsp3) is 0.750. The number of hydrogen-bond donors (Lipinski definition) is 3. The van der Waals surface area contributed by atoms with E-state index in [0.29, 0.717) is 0 Å². The molecule has 0 aromatic rings. The first-order valence-electron chi connectivity index (χ1n) is 4.42. The molecule has 80 valence electrons. The van der Waals surface area contributed by atoms with Crippen molar-refractivity contribution in [1.82, 2.24) is 10.6 Å². The number of ether oxygens (including phenoxy) is 1. The number of amides is 2. The molecule has 0 bridgehead atoms. The van der Waals surface area contributed by atoms with Crippen LogP contribution in [0.4, 0.5) is 4.79 Å². The molecule has 0 spiro atoms. The minimum atomic E-state index is -1.10. The summed E-state index contributed by atoms with van der Waals surface area (Å²) in [6.45, 7) is -0.0343. The van der Waals surface area contributed by atoms with Crippen molar-refractivity contribution in [2.24, 2.45) is 0 Å². The number of carbonyl (C=O) groups excluding carboxylic acids is 1. The van der Waals surface area contributed by atoms with Gasteiger partial charge >= 0.3 is 12.0 Å². The number of hydrogen-bond acceptors (Lipinski definition) is 3.